The van der Waals surface area contributed by atoms with Crippen molar-refractivity contribution in [3.05, 3.63) is 81.2 Å². The summed E-state index contributed by atoms with van der Waals surface area (Å²) in [5, 5.41) is 13.4. The number of aryl methyl sites for hydroxylation is 1. The second-order valence-electron chi connectivity index (χ2n) is 8.81. The van der Waals surface area contributed by atoms with Crippen LogP contribution in [-0.4, -0.2) is 46.0 Å². The van der Waals surface area contributed by atoms with E-state index >= 15 is 0 Å². The Morgan fingerprint density at radius 1 is 1.14 bits per heavy atom. The number of aromatic nitrogens is 2. The lowest BCUT2D eigenvalue weighted by molar-refractivity contribution is 0.0714. The molecule has 0 saturated carbocycles. The minimum absolute atomic E-state index is 0.0477. The minimum Gasteiger partial charge on any atom is -0.339 e. The first-order valence-corrected chi connectivity index (χ1v) is 12.5. The third kappa shape index (κ3) is 4.89. The molecule has 0 bridgehead atoms. The van der Waals surface area contributed by atoms with E-state index in [0.717, 1.165) is 40.6 Å². The van der Waals surface area contributed by atoms with Crippen LogP contribution in [-0.2, 0) is 0 Å². The van der Waals surface area contributed by atoms with Crippen molar-refractivity contribution < 1.29 is 9.59 Å². The smallest absolute Gasteiger partial charge is 0.266 e. The molecule has 2 aromatic carbocycles. The predicted octanol–water partition coefficient (Wildman–Crippen LogP) is 4.92. The van der Waals surface area contributed by atoms with Crippen molar-refractivity contribution in [2.75, 3.05) is 18.4 Å². The normalized spacial score (nSPS) is 14.6. The Morgan fingerprint density at radius 2 is 1.94 bits per heavy atom. The van der Waals surface area contributed by atoms with E-state index in [9.17, 15) is 9.59 Å². The Labute approximate surface area is 207 Å². The van der Waals surface area contributed by atoms with Gasteiger partial charge in [0.15, 0.2) is 0 Å². The average Bonchev–Trinajstić information content (AvgIpc) is 3.49. The number of hydrogen-bond donors (Lipinski definition) is 3. The van der Waals surface area contributed by atoms with Crippen molar-refractivity contribution in [3.63, 3.8) is 0 Å². The lowest BCUT2D eigenvalue weighted by atomic mass is 10.0. The number of hydrogen-bond acceptors (Lipinski definition) is 5. The van der Waals surface area contributed by atoms with Crippen LogP contribution in [0.5, 0.6) is 0 Å². The quantitative estimate of drug-likeness (QED) is 0.373. The van der Waals surface area contributed by atoms with E-state index < -0.39 is 0 Å². The van der Waals surface area contributed by atoms with Crippen molar-refractivity contribution in [2.24, 2.45) is 5.73 Å². The zero-order chi connectivity index (χ0) is 24.4. The number of para-hydroxylation sites is 1. The molecule has 7 nitrogen and oxygen atoms in total. The molecular formula is C27H27N5O2S. The van der Waals surface area contributed by atoms with Gasteiger partial charge in [0.2, 0.25) is 0 Å². The van der Waals surface area contributed by atoms with E-state index in [1.165, 1.54) is 11.3 Å². The minimum atomic E-state index is -0.189. The van der Waals surface area contributed by atoms with Gasteiger partial charge < -0.3 is 16.0 Å². The van der Waals surface area contributed by atoms with E-state index in [4.69, 9.17) is 5.73 Å². The van der Waals surface area contributed by atoms with Crippen LogP contribution < -0.4 is 11.1 Å². The summed E-state index contributed by atoms with van der Waals surface area (Å²) in [5.41, 5.74) is 10.6. The summed E-state index contributed by atoms with van der Waals surface area (Å²) >= 11 is 1.40. The van der Waals surface area contributed by atoms with E-state index in [1.54, 1.807) is 6.07 Å². The van der Waals surface area contributed by atoms with Gasteiger partial charge in [0.1, 0.15) is 0 Å². The Bertz CT molecular complexity index is 1410. The van der Waals surface area contributed by atoms with E-state index in [0.29, 0.717) is 29.2 Å². The van der Waals surface area contributed by atoms with E-state index in [2.05, 4.69) is 15.5 Å². The standard InChI is InChI=1S/C27H27N5O2S/c1-17-12-15-35-25(17)26(33)29-24-16-19(27(34)32-13-10-20(28)11-14-32)7-6-18(24)8-9-23-21-4-2-3-5-22(21)30-31-23/h2-9,12,15-16,20H,10-11,13-14,28H2,1H3,(H,29,33)(H,30,31)/b9-8+. The summed E-state index contributed by atoms with van der Waals surface area (Å²) in [6.45, 7) is 3.20. The fourth-order valence-electron chi connectivity index (χ4n) is 4.29. The topological polar surface area (TPSA) is 104 Å². The Kier molecular flexibility index (Phi) is 6.48. The highest BCUT2D eigenvalue weighted by Gasteiger charge is 2.22. The van der Waals surface area contributed by atoms with Crippen molar-refractivity contribution >= 4 is 51.9 Å². The number of carbonyl (C=O) groups is 2. The van der Waals surface area contributed by atoms with E-state index in [-0.39, 0.29) is 17.9 Å². The maximum Gasteiger partial charge on any atom is 0.266 e. The van der Waals surface area contributed by atoms with Crippen molar-refractivity contribution in [3.8, 4) is 0 Å². The van der Waals surface area contributed by atoms with Gasteiger partial charge >= 0.3 is 0 Å². The number of thiophene rings is 1. The fourth-order valence-corrected chi connectivity index (χ4v) is 5.11. The number of amides is 2. The third-order valence-corrected chi connectivity index (χ3v) is 7.38. The molecule has 5 rings (SSSR count). The molecule has 3 heterocycles. The molecule has 2 aromatic heterocycles. The first-order valence-electron chi connectivity index (χ1n) is 11.6. The molecule has 8 heteroatoms. The van der Waals surface area contributed by atoms with Crippen LogP contribution in [0.25, 0.3) is 23.1 Å². The molecule has 0 unspecified atom stereocenters. The molecule has 0 atom stereocenters. The first kappa shape index (κ1) is 23.0. The number of fused-ring (bicyclic) bond motifs is 1. The number of rotatable bonds is 5. The number of nitrogens with two attached hydrogens (primary N) is 1. The number of carbonyl (C=O) groups excluding carboxylic acids is 2. The monoisotopic (exact) mass is 485 g/mol. The lowest BCUT2D eigenvalue weighted by Gasteiger charge is -2.30. The maximum atomic E-state index is 13.2. The summed E-state index contributed by atoms with van der Waals surface area (Å²) in [4.78, 5) is 28.7. The summed E-state index contributed by atoms with van der Waals surface area (Å²) in [6, 6.07) is 15.4. The van der Waals surface area contributed by atoms with Crippen LogP contribution in [0, 0.1) is 6.92 Å². The second kappa shape index (κ2) is 9.85. The van der Waals surface area contributed by atoms with Gasteiger partial charge in [0, 0.05) is 35.8 Å². The molecule has 2 amide bonds. The average molecular weight is 486 g/mol. The number of anilines is 1. The van der Waals surface area contributed by atoms with Gasteiger partial charge in [-0.3, -0.25) is 14.7 Å². The number of H-pyrrole nitrogens is 1. The summed E-state index contributed by atoms with van der Waals surface area (Å²) < 4.78 is 0. The first-order chi connectivity index (χ1) is 17.0. The molecule has 0 radical (unpaired) electrons. The molecule has 0 spiro atoms. The van der Waals surface area contributed by atoms with Gasteiger partial charge in [-0.15, -0.1) is 11.3 Å². The van der Waals surface area contributed by atoms with Gasteiger partial charge in [-0.25, -0.2) is 0 Å². The summed E-state index contributed by atoms with van der Waals surface area (Å²) in [7, 11) is 0. The molecule has 1 aliphatic heterocycles. The van der Waals surface area contributed by atoms with Gasteiger partial charge in [-0.05, 0) is 66.6 Å². The lowest BCUT2D eigenvalue weighted by Crippen LogP contribution is -2.42. The fraction of sp³-hybridized carbons (Fsp3) is 0.222. The largest absolute Gasteiger partial charge is 0.339 e. The zero-order valence-corrected chi connectivity index (χ0v) is 20.3. The van der Waals surface area contributed by atoms with Crippen molar-refractivity contribution in [1.29, 1.82) is 0 Å². The molecule has 1 fully saturated rings. The highest BCUT2D eigenvalue weighted by atomic mass is 32.1. The highest BCUT2D eigenvalue weighted by Crippen LogP contribution is 2.26. The second-order valence-corrected chi connectivity index (χ2v) is 9.72. The number of nitrogens with zero attached hydrogens (tertiary/aromatic N) is 2. The summed E-state index contributed by atoms with van der Waals surface area (Å²) in [6.07, 6.45) is 5.41. The van der Waals surface area contributed by atoms with Gasteiger partial charge in [-0.1, -0.05) is 30.3 Å². The molecule has 1 saturated heterocycles. The van der Waals surface area contributed by atoms with Gasteiger partial charge in [0.25, 0.3) is 11.8 Å². The molecule has 1 aliphatic rings. The van der Waals surface area contributed by atoms with Crippen LogP contribution in [0.1, 0.15) is 49.7 Å². The molecular weight excluding hydrogens is 458 g/mol. The van der Waals surface area contributed by atoms with Crippen LogP contribution in [0.2, 0.25) is 0 Å². The Balaban J connectivity index is 1.47. The molecule has 35 heavy (non-hydrogen) atoms. The van der Waals surface area contributed by atoms with E-state index in [1.807, 2.05) is 71.8 Å². The maximum absolute atomic E-state index is 13.2. The number of likely N-dealkylation sites (tertiary alicyclic amines) is 1. The van der Waals surface area contributed by atoms with Crippen molar-refractivity contribution in [1.82, 2.24) is 15.1 Å². The molecule has 4 aromatic rings. The number of piperidine rings is 1. The van der Waals surface area contributed by atoms with Gasteiger partial charge in [0.05, 0.1) is 16.1 Å². The van der Waals surface area contributed by atoms with Crippen LogP contribution in [0.4, 0.5) is 5.69 Å². The predicted molar refractivity (Wildman–Crippen MR) is 142 cm³/mol. The molecule has 0 aliphatic carbocycles. The van der Waals surface area contributed by atoms with Crippen molar-refractivity contribution in [2.45, 2.75) is 25.8 Å². The molecule has 4 N–H and O–H groups in total. The number of benzene rings is 2. The third-order valence-electron chi connectivity index (χ3n) is 6.36. The number of aromatic amines is 1. The van der Waals surface area contributed by atoms with Gasteiger partial charge in [-0.2, -0.15) is 5.10 Å². The Morgan fingerprint density at radius 3 is 2.71 bits per heavy atom. The number of nitrogens with one attached hydrogen (secondary N) is 2. The molecule has 178 valence electrons. The van der Waals surface area contributed by atoms with Crippen LogP contribution in [0.3, 0.4) is 0 Å². The van der Waals surface area contributed by atoms with Crippen LogP contribution >= 0.6 is 11.3 Å². The highest BCUT2D eigenvalue weighted by molar-refractivity contribution is 7.12. The summed E-state index contributed by atoms with van der Waals surface area (Å²) in [5.74, 6) is -0.237. The van der Waals surface area contributed by atoms with Crippen LogP contribution in [0.15, 0.2) is 53.9 Å². The zero-order valence-electron chi connectivity index (χ0n) is 19.5. The SMILES string of the molecule is Cc1ccsc1C(=O)Nc1cc(C(=O)N2CCC(N)CC2)ccc1/C=C/c1n[nH]c2ccccc12. The Hall–Kier alpha value is -3.75.